The molecule has 6 nitrogen and oxygen atoms in total. The first-order valence-corrected chi connectivity index (χ1v) is 9.00. The lowest BCUT2D eigenvalue weighted by Crippen LogP contribution is -2.42. The fourth-order valence-electron chi connectivity index (χ4n) is 3.29. The number of nitrogens with one attached hydrogen (secondary N) is 1. The van der Waals surface area contributed by atoms with Gasteiger partial charge in [-0.25, -0.2) is 4.68 Å². The number of carbonyl (C=O) groups excluding carboxylic acids is 1. The highest BCUT2D eigenvalue weighted by Gasteiger charge is 2.26. The molecular formula is C17H32ClN5O. The van der Waals surface area contributed by atoms with E-state index in [1.165, 1.54) is 0 Å². The second kappa shape index (κ2) is 9.99. The van der Waals surface area contributed by atoms with Crippen LogP contribution >= 0.6 is 12.4 Å². The third kappa shape index (κ3) is 5.18. The molecule has 2 rings (SSSR count). The van der Waals surface area contributed by atoms with Crippen LogP contribution in [0.25, 0.3) is 0 Å². The van der Waals surface area contributed by atoms with Crippen LogP contribution in [0.5, 0.6) is 0 Å². The first-order valence-electron chi connectivity index (χ1n) is 9.00. The van der Waals surface area contributed by atoms with E-state index in [2.05, 4.69) is 43.3 Å². The van der Waals surface area contributed by atoms with Gasteiger partial charge in [0.25, 0.3) is 5.91 Å². The van der Waals surface area contributed by atoms with Gasteiger partial charge in [0.2, 0.25) is 0 Å². The molecule has 0 unspecified atom stereocenters. The lowest BCUT2D eigenvalue weighted by Gasteiger charge is -2.31. The predicted molar refractivity (Wildman–Crippen MR) is 98.7 cm³/mol. The maximum absolute atomic E-state index is 12.9. The van der Waals surface area contributed by atoms with Crippen LogP contribution in [0.15, 0.2) is 6.20 Å². The number of aromatic nitrogens is 3. The van der Waals surface area contributed by atoms with Gasteiger partial charge in [-0.15, -0.1) is 17.5 Å². The van der Waals surface area contributed by atoms with Crippen LogP contribution in [-0.2, 0) is 0 Å². The minimum atomic E-state index is 0. The highest BCUT2D eigenvalue weighted by Crippen LogP contribution is 2.19. The Morgan fingerprint density at radius 1 is 1.33 bits per heavy atom. The summed E-state index contributed by atoms with van der Waals surface area (Å²) in [7, 11) is 0. The van der Waals surface area contributed by atoms with Crippen molar-refractivity contribution in [1.82, 2.24) is 25.2 Å². The van der Waals surface area contributed by atoms with Gasteiger partial charge in [-0.3, -0.25) is 4.79 Å². The molecule has 7 heteroatoms. The quantitative estimate of drug-likeness (QED) is 0.815. The van der Waals surface area contributed by atoms with Crippen molar-refractivity contribution in [3.05, 3.63) is 11.9 Å². The molecule has 0 spiro atoms. The van der Waals surface area contributed by atoms with Crippen LogP contribution in [-0.4, -0.2) is 51.5 Å². The zero-order valence-electron chi connectivity index (χ0n) is 15.4. The van der Waals surface area contributed by atoms with E-state index in [1.807, 2.05) is 15.8 Å². The van der Waals surface area contributed by atoms with Crippen LogP contribution in [0.2, 0.25) is 0 Å². The van der Waals surface area contributed by atoms with E-state index in [9.17, 15) is 4.79 Å². The molecule has 1 saturated heterocycles. The summed E-state index contributed by atoms with van der Waals surface area (Å²) < 4.78 is 1.88. The predicted octanol–water partition coefficient (Wildman–Crippen LogP) is 2.91. The fraction of sp³-hybridized carbons (Fsp3) is 0.824. The summed E-state index contributed by atoms with van der Waals surface area (Å²) in [4.78, 5) is 14.9. The van der Waals surface area contributed by atoms with Crippen molar-refractivity contribution in [2.24, 2.45) is 5.92 Å². The van der Waals surface area contributed by atoms with E-state index < -0.39 is 0 Å². The maximum Gasteiger partial charge on any atom is 0.276 e. The van der Waals surface area contributed by atoms with Crippen molar-refractivity contribution >= 4 is 18.3 Å². The molecule has 1 fully saturated rings. The third-order valence-corrected chi connectivity index (χ3v) is 4.62. The topological polar surface area (TPSA) is 63.1 Å². The molecule has 0 bridgehead atoms. The number of piperidine rings is 1. The average molecular weight is 358 g/mol. The zero-order valence-corrected chi connectivity index (χ0v) is 16.2. The van der Waals surface area contributed by atoms with E-state index in [4.69, 9.17) is 0 Å². The molecule has 0 aromatic carbocycles. The summed E-state index contributed by atoms with van der Waals surface area (Å²) in [5.74, 6) is 0.464. The van der Waals surface area contributed by atoms with Crippen molar-refractivity contribution in [2.45, 2.75) is 65.5 Å². The van der Waals surface area contributed by atoms with Gasteiger partial charge >= 0.3 is 0 Å². The minimum Gasteiger partial charge on any atom is -0.334 e. The van der Waals surface area contributed by atoms with Crippen LogP contribution in [0.1, 0.15) is 69.9 Å². The van der Waals surface area contributed by atoms with Crippen molar-refractivity contribution in [3.63, 3.8) is 0 Å². The largest absolute Gasteiger partial charge is 0.334 e. The van der Waals surface area contributed by atoms with Gasteiger partial charge in [0.15, 0.2) is 5.69 Å². The van der Waals surface area contributed by atoms with Gasteiger partial charge in [0.05, 0.1) is 12.2 Å². The van der Waals surface area contributed by atoms with Crippen molar-refractivity contribution in [1.29, 1.82) is 0 Å². The number of hydrogen-bond donors (Lipinski definition) is 1. The standard InChI is InChI=1S/C17H31N5O.ClH/c1-5-14(6-2)21(11-13(3)4)17(23)16-12-22(20-19-16)15-7-9-18-10-8-15;/h12-15,18H,5-11H2,1-4H3;1H. The molecule has 138 valence electrons. The normalized spacial score (nSPS) is 15.6. The molecule has 0 atom stereocenters. The summed E-state index contributed by atoms with van der Waals surface area (Å²) in [5, 5.41) is 11.7. The smallest absolute Gasteiger partial charge is 0.276 e. The summed E-state index contributed by atoms with van der Waals surface area (Å²) in [6.45, 7) is 11.3. The number of carbonyl (C=O) groups is 1. The van der Waals surface area contributed by atoms with Crippen LogP contribution in [0, 0.1) is 5.92 Å². The van der Waals surface area contributed by atoms with Crippen molar-refractivity contribution in [2.75, 3.05) is 19.6 Å². The molecule has 1 N–H and O–H groups in total. The van der Waals surface area contributed by atoms with E-state index in [0.717, 1.165) is 45.3 Å². The summed E-state index contributed by atoms with van der Waals surface area (Å²) in [5.41, 5.74) is 0.482. The SMILES string of the molecule is CCC(CC)N(CC(C)C)C(=O)c1cn(C2CCNCC2)nn1.Cl. The molecular weight excluding hydrogens is 326 g/mol. The zero-order chi connectivity index (χ0) is 16.8. The molecule has 2 heterocycles. The van der Waals surface area contributed by atoms with Crippen LogP contribution in [0.4, 0.5) is 0 Å². The second-order valence-corrected chi connectivity index (χ2v) is 6.89. The molecule has 0 radical (unpaired) electrons. The minimum absolute atomic E-state index is 0. The fourth-order valence-corrected chi connectivity index (χ4v) is 3.29. The summed E-state index contributed by atoms with van der Waals surface area (Å²) in [6.07, 6.45) is 5.86. The van der Waals surface area contributed by atoms with Gasteiger partial charge in [-0.05, 0) is 44.7 Å². The maximum atomic E-state index is 12.9. The number of amides is 1. The Labute approximate surface area is 151 Å². The third-order valence-electron chi connectivity index (χ3n) is 4.62. The highest BCUT2D eigenvalue weighted by molar-refractivity contribution is 5.92. The van der Waals surface area contributed by atoms with Crippen LogP contribution < -0.4 is 5.32 Å². The molecule has 1 aliphatic heterocycles. The monoisotopic (exact) mass is 357 g/mol. The van der Waals surface area contributed by atoms with Gasteiger partial charge < -0.3 is 10.2 Å². The van der Waals surface area contributed by atoms with E-state index in [1.54, 1.807) is 0 Å². The molecule has 1 amide bonds. The summed E-state index contributed by atoms with van der Waals surface area (Å²) in [6, 6.07) is 0.630. The number of nitrogens with zero attached hydrogens (tertiary/aromatic N) is 4. The lowest BCUT2D eigenvalue weighted by atomic mass is 10.1. The van der Waals surface area contributed by atoms with E-state index in [0.29, 0.717) is 17.7 Å². The van der Waals surface area contributed by atoms with Gasteiger partial charge in [-0.1, -0.05) is 32.9 Å². The first kappa shape index (κ1) is 20.9. The average Bonchev–Trinajstić information content (AvgIpc) is 3.05. The molecule has 24 heavy (non-hydrogen) atoms. The molecule has 1 aromatic rings. The lowest BCUT2D eigenvalue weighted by molar-refractivity contribution is 0.0634. The number of hydrogen-bond acceptors (Lipinski definition) is 4. The number of rotatable bonds is 7. The Hall–Kier alpha value is -1.14. The van der Waals surface area contributed by atoms with Gasteiger partial charge in [0.1, 0.15) is 0 Å². The Morgan fingerprint density at radius 2 is 1.96 bits per heavy atom. The first-order chi connectivity index (χ1) is 11.1. The number of halogens is 1. The second-order valence-electron chi connectivity index (χ2n) is 6.89. The highest BCUT2D eigenvalue weighted by atomic mass is 35.5. The molecule has 1 aliphatic rings. The van der Waals surface area contributed by atoms with E-state index in [-0.39, 0.29) is 24.4 Å². The van der Waals surface area contributed by atoms with Gasteiger partial charge in [0, 0.05) is 12.6 Å². The van der Waals surface area contributed by atoms with Gasteiger partial charge in [-0.2, -0.15) is 0 Å². The van der Waals surface area contributed by atoms with Crippen molar-refractivity contribution < 1.29 is 4.79 Å². The van der Waals surface area contributed by atoms with Crippen molar-refractivity contribution in [3.8, 4) is 0 Å². The Bertz CT molecular complexity index is 495. The van der Waals surface area contributed by atoms with E-state index >= 15 is 0 Å². The summed E-state index contributed by atoms with van der Waals surface area (Å²) >= 11 is 0. The molecule has 0 aliphatic carbocycles. The Balaban J connectivity index is 0.00000288. The molecule has 0 saturated carbocycles. The van der Waals surface area contributed by atoms with Crippen LogP contribution in [0.3, 0.4) is 0 Å². The Kier molecular flexibility index (Phi) is 8.70. The Morgan fingerprint density at radius 3 is 2.50 bits per heavy atom. The molecule has 1 aromatic heterocycles.